The molecule has 1 saturated heterocycles. The predicted octanol–water partition coefficient (Wildman–Crippen LogP) is 0.603. The van der Waals surface area contributed by atoms with Gasteiger partial charge in [-0.3, -0.25) is 4.57 Å². The van der Waals surface area contributed by atoms with Crippen LogP contribution in [0.3, 0.4) is 0 Å². The van der Waals surface area contributed by atoms with Gasteiger partial charge in [0.05, 0.1) is 25.1 Å². The van der Waals surface area contributed by atoms with Crippen LogP contribution in [-0.2, 0) is 4.74 Å². The third-order valence-corrected chi connectivity index (χ3v) is 3.68. The van der Waals surface area contributed by atoms with E-state index in [1.165, 1.54) is 6.33 Å². The molecule has 3 atom stereocenters. The second-order valence-electron chi connectivity index (χ2n) is 5.05. The lowest BCUT2D eigenvalue weighted by molar-refractivity contribution is -0.0694. The van der Waals surface area contributed by atoms with Crippen LogP contribution in [0.15, 0.2) is 17.8 Å². The number of rotatable bonds is 3. The van der Waals surface area contributed by atoms with Crippen LogP contribution in [0.25, 0.3) is 11.2 Å². The minimum atomic E-state index is -0.433. The number of hydrogen-bond donors (Lipinski definition) is 2. The second kappa shape index (κ2) is 5.70. The first-order valence-electron chi connectivity index (χ1n) is 6.74. The molecule has 0 aromatic carbocycles. The second-order valence-corrected chi connectivity index (χ2v) is 5.05. The lowest BCUT2D eigenvalue weighted by atomic mass is 10.1. The molecule has 0 bridgehead atoms. The van der Waals surface area contributed by atoms with E-state index in [1.54, 1.807) is 10.9 Å². The minimum Gasteiger partial charge on any atom is -0.394 e. The number of anilines is 1. The number of nitrogen functional groups attached to an aromatic ring is 1. The largest absolute Gasteiger partial charge is 0.394 e. The van der Waals surface area contributed by atoms with Gasteiger partial charge >= 0.3 is 0 Å². The first kappa shape index (κ1) is 13.8. The molecule has 0 aliphatic carbocycles. The molecule has 0 radical (unpaired) electrons. The average molecular weight is 292 g/mol. The summed E-state index contributed by atoms with van der Waals surface area (Å²) in [6.07, 6.45) is 3.74. The van der Waals surface area contributed by atoms with Crippen molar-refractivity contribution in [2.45, 2.75) is 37.6 Å². The highest BCUT2D eigenvalue weighted by atomic mass is 16.5. The molecule has 0 saturated carbocycles. The number of aromatic nitrogens is 4. The van der Waals surface area contributed by atoms with E-state index in [2.05, 4.69) is 20.1 Å². The smallest absolute Gasteiger partial charge is 0.167 e. The van der Waals surface area contributed by atoms with Crippen molar-refractivity contribution in [1.82, 2.24) is 19.5 Å². The molecule has 2 aromatic heterocycles. The molecule has 2 aromatic rings. The molecule has 0 amide bonds. The third kappa shape index (κ3) is 2.57. The summed E-state index contributed by atoms with van der Waals surface area (Å²) in [5.74, 6) is 0.304. The molecular weight excluding hydrogens is 276 g/mol. The van der Waals surface area contributed by atoms with Crippen molar-refractivity contribution in [1.29, 1.82) is 0 Å². The van der Waals surface area contributed by atoms with Gasteiger partial charge in [-0.05, 0) is 12.8 Å². The number of aliphatic hydroxyl groups is 1. The monoisotopic (exact) mass is 292 g/mol. The zero-order chi connectivity index (χ0) is 14.8. The highest BCUT2D eigenvalue weighted by molar-refractivity contribution is 5.81. The van der Waals surface area contributed by atoms with Gasteiger partial charge < -0.3 is 15.6 Å². The number of nitroso groups, excluding NO2 is 1. The Morgan fingerprint density at radius 1 is 1.43 bits per heavy atom. The van der Waals surface area contributed by atoms with Gasteiger partial charge in [0.1, 0.15) is 18.1 Å². The van der Waals surface area contributed by atoms with Crippen LogP contribution >= 0.6 is 0 Å². The Kier molecular flexibility index (Phi) is 3.76. The number of ether oxygens (including phenoxy) is 1. The average Bonchev–Trinajstić information content (AvgIpc) is 2.82. The van der Waals surface area contributed by atoms with E-state index in [0.717, 1.165) is 0 Å². The van der Waals surface area contributed by atoms with Crippen LogP contribution in [0, 0.1) is 4.91 Å². The molecule has 1 aliphatic rings. The van der Waals surface area contributed by atoms with Crippen LogP contribution in [-0.4, -0.2) is 43.4 Å². The molecule has 3 unspecified atom stereocenters. The van der Waals surface area contributed by atoms with E-state index < -0.39 is 6.10 Å². The van der Waals surface area contributed by atoms with E-state index in [-0.39, 0.29) is 18.9 Å². The van der Waals surface area contributed by atoms with Gasteiger partial charge in [-0.25, -0.2) is 15.0 Å². The highest BCUT2D eigenvalue weighted by Crippen LogP contribution is 2.29. The van der Waals surface area contributed by atoms with Crippen molar-refractivity contribution in [2.75, 3.05) is 12.3 Å². The van der Waals surface area contributed by atoms with Crippen LogP contribution in [0.1, 0.15) is 25.5 Å². The topological polar surface area (TPSA) is 129 Å². The summed E-state index contributed by atoms with van der Waals surface area (Å²) in [4.78, 5) is 23.1. The van der Waals surface area contributed by atoms with E-state index in [1.807, 2.05) is 0 Å². The molecule has 1 fully saturated rings. The number of aliphatic hydroxyl groups excluding tert-OH is 1. The molecule has 21 heavy (non-hydrogen) atoms. The first-order chi connectivity index (χ1) is 10.2. The number of nitrogens with two attached hydrogens (primary N) is 1. The van der Waals surface area contributed by atoms with Crippen molar-refractivity contribution in [3.8, 4) is 0 Å². The fourth-order valence-corrected chi connectivity index (χ4v) is 2.60. The Hall–Kier alpha value is -2.13. The van der Waals surface area contributed by atoms with Crippen molar-refractivity contribution >= 4 is 17.0 Å². The summed E-state index contributed by atoms with van der Waals surface area (Å²) in [5.41, 5.74) is 6.84. The van der Waals surface area contributed by atoms with Crippen LogP contribution in [0.4, 0.5) is 5.82 Å². The Labute approximate surface area is 120 Å². The van der Waals surface area contributed by atoms with Crippen molar-refractivity contribution in [3.63, 3.8) is 0 Å². The zero-order valence-corrected chi connectivity index (χ0v) is 11.3. The fourth-order valence-electron chi connectivity index (χ4n) is 2.60. The Balaban J connectivity index is 1.94. The molecule has 3 heterocycles. The summed E-state index contributed by atoms with van der Waals surface area (Å²) in [6.45, 7) is -0.160. The zero-order valence-electron chi connectivity index (χ0n) is 11.3. The Morgan fingerprint density at radius 2 is 2.29 bits per heavy atom. The van der Waals surface area contributed by atoms with E-state index in [9.17, 15) is 10.0 Å². The lowest BCUT2D eigenvalue weighted by Crippen LogP contribution is -2.23. The minimum absolute atomic E-state index is 0.160. The van der Waals surface area contributed by atoms with Crippen LogP contribution < -0.4 is 5.73 Å². The van der Waals surface area contributed by atoms with E-state index >= 15 is 0 Å². The molecule has 9 nitrogen and oxygen atoms in total. The Morgan fingerprint density at radius 3 is 3.05 bits per heavy atom. The van der Waals surface area contributed by atoms with Crippen LogP contribution in [0.5, 0.6) is 0 Å². The van der Waals surface area contributed by atoms with Gasteiger partial charge in [-0.15, -0.1) is 0 Å². The fraction of sp³-hybridized carbons (Fsp3) is 0.583. The van der Waals surface area contributed by atoms with E-state index in [0.29, 0.717) is 36.2 Å². The maximum Gasteiger partial charge on any atom is 0.167 e. The number of hydrogen-bond acceptors (Lipinski definition) is 8. The third-order valence-electron chi connectivity index (χ3n) is 3.68. The van der Waals surface area contributed by atoms with Crippen molar-refractivity contribution in [2.24, 2.45) is 5.18 Å². The standard InChI is InChI=1S/C12H16N6O3/c13-11-10-12(15-5-14-11)18(6-16-10)9-2-1-7(17-20)3-8(4-19)21-9/h5-9,19H,1-4H2,(H2,13,14,15). The van der Waals surface area contributed by atoms with Gasteiger partial charge in [0.25, 0.3) is 0 Å². The first-order valence-corrected chi connectivity index (χ1v) is 6.74. The molecule has 1 aliphatic heterocycles. The van der Waals surface area contributed by atoms with Gasteiger partial charge in [-0.1, -0.05) is 5.18 Å². The summed E-state index contributed by atoms with van der Waals surface area (Å²) < 4.78 is 7.61. The van der Waals surface area contributed by atoms with Gasteiger partial charge in [0.2, 0.25) is 0 Å². The van der Waals surface area contributed by atoms with Gasteiger partial charge in [-0.2, -0.15) is 4.91 Å². The summed E-state index contributed by atoms with van der Waals surface area (Å²) in [5, 5.41) is 12.4. The highest BCUT2D eigenvalue weighted by Gasteiger charge is 2.28. The molecule has 112 valence electrons. The van der Waals surface area contributed by atoms with Crippen molar-refractivity contribution in [3.05, 3.63) is 17.6 Å². The van der Waals surface area contributed by atoms with E-state index in [4.69, 9.17) is 10.5 Å². The summed E-state index contributed by atoms with van der Waals surface area (Å²) in [6, 6.07) is -0.346. The van der Waals surface area contributed by atoms with Crippen LogP contribution in [0.2, 0.25) is 0 Å². The van der Waals surface area contributed by atoms with Gasteiger partial charge in [0.15, 0.2) is 11.5 Å². The lowest BCUT2D eigenvalue weighted by Gasteiger charge is -2.21. The maximum absolute atomic E-state index is 10.8. The van der Waals surface area contributed by atoms with Crippen molar-refractivity contribution < 1.29 is 9.84 Å². The SMILES string of the molecule is Nc1ncnc2c1ncn2C1CCC(N=O)CC(CO)O1. The van der Waals surface area contributed by atoms with Gasteiger partial charge in [0, 0.05) is 6.42 Å². The molecule has 0 spiro atoms. The maximum atomic E-state index is 10.8. The number of imidazole rings is 1. The number of fused-ring (bicyclic) bond motifs is 1. The quantitative estimate of drug-likeness (QED) is 0.792. The normalized spacial score (nSPS) is 26.6. The summed E-state index contributed by atoms with van der Waals surface area (Å²) in [7, 11) is 0. The molecule has 9 heteroatoms. The number of nitrogens with zero attached hydrogens (tertiary/aromatic N) is 5. The summed E-state index contributed by atoms with van der Waals surface area (Å²) >= 11 is 0. The molecular formula is C12H16N6O3. The molecule has 3 N–H and O–H groups in total. The Bertz CT molecular complexity index is 645. The molecule has 3 rings (SSSR count). The predicted molar refractivity (Wildman–Crippen MR) is 74.2 cm³/mol.